The highest BCUT2D eigenvalue weighted by molar-refractivity contribution is 5.85. The van der Waals surface area contributed by atoms with Crippen molar-refractivity contribution in [3.8, 4) is 5.75 Å². The standard InChI is InChI=1S/C17H21NO.ClH/c1-17-6-5-11-7-15(17)16(18-10-11)8-12-3-4-13(19-2)9-14(12)17;/h3-6,9,11,15-16,18H,7-8,10H2,1-2H3;1H/t11?,15?,16?,17-;/m0./s1. The summed E-state index contributed by atoms with van der Waals surface area (Å²) in [6.07, 6.45) is 7.40. The van der Waals surface area contributed by atoms with Crippen LogP contribution in [-0.2, 0) is 11.8 Å². The van der Waals surface area contributed by atoms with E-state index >= 15 is 0 Å². The van der Waals surface area contributed by atoms with Gasteiger partial charge in [-0.15, -0.1) is 12.4 Å². The Balaban J connectivity index is 0.00000121. The average Bonchev–Trinajstić information content (AvgIpc) is 2.46. The number of benzene rings is 1. The van der Waals surface area contributed by atoms with Gasteiger partial charge in [-0.2, -0.15) is 0 Å². The highest BCUT2D eigenvalue weighted by Gasteiger charge is 2.48. The van der Waals surface area contributed by atoms with Crippen LogP contribution in [0.1, 0.15) is 24.5 Å². The zero-order chi connectivity index (χ0) is 13.0. The van der Waals surface area contributed by atoms with Gasteiger partial charge in [0.05, 0.1) is 7.11 Å². The first-order valence-electron chi connectivity index (χ1n) is 7.31. The predicted molar refractivity (Wildman–Crippen MR) is 83.8 cm³/mol. The van der Waals surface area contributed by atoms with Crippen LogP contribution in [0.4, 0.5) is 0 Å². The number of allylic oxidation sites excluding steroid dienone is 1. The zero-order valence-corrected chi connectivity index (χ0v) is 12.9. The summed E-state index contributed by atoms with van der Waals surface area (Å²) >= 11 is 0. The monoisotopic (exact) mass is 291 g/mol. The van der Waals surface area contributed by atoms with Crippen molar-refractivity contribution < 1.29 is 4.74 Å². The average molecular weight is 292 g/mol. The second kappa shape index (κ2) is 4.78. The molecular formula is C17H22ClNO. The van der Waals surface area contributed by atoms with E-state index < -0.39 is 0 Å². The summed E-state index contributed by atoms with van der Waals surface area (Å²) in [5.74, 6) is 2.45. The molecule has 0 radical (unpaired) electrons. The number of methoxy groups -OCH3 is 1. The van der Waals surface area contributed by atoms with Gasteiger partial charge in [0.1, 0.15) is 5.75 Å². The van der Waals surface area contributed by atoms with Gasteiger partial charge in [0.2, 0.25) is 0 Å². The van der Waals surface area contributed by atoms with Crippen LogP contribution in [0.25, 0.3) is 0 Å². The molecule has 2 nitrogen and oxygen atoms in total. The van der Waals surface area contributed by atoms with Crippen molar-refractivity contribution in [1.29, 1.82) is 0 Å². The molecule has 2 bridgehead atoms. The first-order valence-corrected chi connectivity index (χ1v) is 7.31. The Labute approximate surface area is 127 Å². The topological polar surface area (TPSA) is 21.3 Å². The van der Waals surface area contributed by atoms with Crippen LogP contribution in [0, 0.1) is 11.8 Å². The van der Waals surface area contributed by atoms with Crippen molar-refractivity contribution in [1.82, 2.24) is 5.32 Å². The molecule has 0 amide bonds. The number of hydrogen-bond acceptors (Lipinski definition) is 2. The van der Waals surface area contributed by atoms with Crippen molar-refractivity contribution in [3.05, 3.63) is 41.5 Å². The molecule has 1 aromatic carbocycles. The van der Waals surface area contributed by atoms with Crippen molar-refractivity contribution >= 4 is 12.4 Å². The molecule has 2 aliphatic carbocycles. The lowest BCUT2D eigenvalue weighted by Gasteiger charge is -2.52. The van der Waals surface area contributed by atoms with E-state index in [1.54, 1.807) is 7.11 Å². The minimum absolute atomic E-state index is 0. The minimum atomic E-state index is 0. The molecule has 0 spiro atoms. The molecule has 1 fully saturated rings. The van der Waals surface area contributed by atoms with Crippen LogP contribution in [0.2, 0.25) is 0 Å². The lowest BCUT2D eigenvalue weighted by Crippen LogP contribution is -2.57. The largest absolute Gasteiger partial charge is 0.497 e. The maximum Gasteiger partial charge on any atom is 0.119 e. The van der Waals surface area contributed by atoms with E-state index in [4.69, 9.17) is 4.74 Å². The van der Waals surface area contributed by atoms with E-state index in [9.17, 15) is 0 Å². The Bertz CT molecular complexity index is 556. The van der Waals surface area contributed by atoms with E-state index in [-0.39, 0.29) is 17.8 Å². The fraction of sp³-hybridized carbons (Fsp3) is 0.529. The predicted octanol–water partition coefficient (Wildman–Crippen LogP) is 3.09. The number of ether oxygens (including phenoxy) is 1. The lowest BCUT2D eigenvalue weighted by atomic mass is 9.56. The number of piperidine rings is 1. The summed E-state index contributed by atoms with van der Waals surface area (Å²) in [5.41, 5.74) is 3.14. The molecule has 4 rings (SSSR count). The highest BCUT2D eigenvalue weighted by Crippen LogP contribution is 2.50. The normalized spacial score (nSPS) is 36.8. The van der Waals surface area contributed by atoms with E-state index in [1.165, 1.54) is 24.0 Å². The third-order valence-corrected chi connectivity index (χ3v) is 5.51. The molecular weight excluding hydrogens is 270 g/mol. The molecule has 3 unspecified atom stereocenters. The van der Waals surface area contributed by atoms with Crippen LogP contribution in [-0.4, -0.2) is 19.7 Å². The van der Waals surface area contributed by atoms with Crippen LogP contribution in [0.15, 0.2) is 30.4 Å². The number of halogens is 1. The molecule has 3 heteroatoms. The summed E-state index contributed by atoms with van der Waals surface area (Å²) in [7, 11) is 1.75. The van der Waals surface area contributed by atoms with Gasteiger partial charge in [-0.3, -0.25) is 0 Å². The van der Waals surface area contributed by atoms with Gasteiger partial charge in [-0.05, 0) is 47.9 Å². The van der Waals surface area contributed by atoms with Gasteiger partial charge in [0.15, 0.2) is 0 Å². The minimum Gasteiger partial charge on any atom is -0.497 e. The zero-order valence-electron chi connectivity index (χ0n) is 12.1. The second-order valence-electron chi connectivity index (χ2n) is 6.49. The SMILES string of the molecule is COc1ccc2c(c1)[C@]1(C)C=CC3CNC(C2)C1C3.Cl. The van der Waals surface area contributed by atoms with Gasteiger partial charge in [-0.1, -0.05) is 25.1 Å². The maximum absolute atomic E-state index is 5.43. The Hall–Kier alpha value is -0.990. The van der Waals surface area contributed by atoms with E-state index in [0.29, 0.717) is 6.04 Å². The summed E-state index contributed by atoms with van der Waals surface area (Å²) in [6.45, 7) is 3.56. The van der Waals surface area contributed by atoms with Gasteiger partial charge in [-0.25, -0.2) is 0 Å². The number of hydrogen-bond donors (Lipinski definition) is 1. The van der Waals surface area contributed by atoms with E-state index in [2.05, 4.69) is 42.6 Å². The van der Waals surface area contributed by atoms with Gasteiger partial charge < -0.3 is 10.1 Å². The second-order valence-corrected chi connectivity index (χ2v) is 6.49. The first kappa shape index (κ1) is 14.0. The summed E-state index contributed by atoms with van der Waals surface area (Å²) in [6, 6.07) is 7.25. The quantitative estimate of drug-likeness (QED) is 0.803. The number of rotatable bonds is 1. The smallest absolute Gasteiger partial charge is 0.119 e. The van der Waals surface area contributed by atoms with Gasteiger partial charge >= 0.3 is 0 Å². The summed E-state index contributed by atoms with van der Waals surface area (Å²) < 4.78 is 5.43. The van der Waals surface area contributed by atoms with E-state index in [0.717, 1.165) is 24.1 Å². The van der Waals surface area contributed by atoms with Gasteiger partial charge in [0.25, 0.3) is 0 Å². The molecule has 1 N–H and O–H groups in total. The number of nitrogens with one attached hydrogen (secondary N) is 1. The van der Waals surface area contributed by atoms with Crippen LogP contribution in [0.5, 0.6) is 5.75 Å². The van der Waals surface area contributed by atoms with E-state index in [1.807, 2.05) is 0 Å². The van der Waals surface area contributed by atoms with Crippen LogP contribution < -0.4 is 10.1 Å². The lowest BCUT2D eigenvalue weighted by molar-refractivity contribution is 0.149. The van der Waals surface area contributed by atoms with Crippen LogP contribution >= 0.6 is 12.4 Å². The third-order valence-electron chi connectivity index (χ3n) is 5.51. The van der Waals surface area contributed by atoms with Crippen molar-refractivity contribution in [3.63, 3.8) is 0 Å². The number of fused-ring (bicyclic) bond motifs is 3. The van der Waals surface area contributed by atoms with Crippen LogP contribution in [0.3, 0.4) is 0 Å². The maximum atomic E-state index is 5.43. The molecule has 20 heavy (non-hydrogen) atoms. The molecule has 1 aromatic rings. The molecule has 1 heterocycles. The molecule has 1 aliphatic heterocycles. The van der Waals surface area contributed by atoms with Crippen molar-refractivity contribution in [2.45, 2.75) is 31.2 Å². The molecule has 0 aromatic heterocycles. The summed E-state index contributed by atoms with van der Waals surface area (Å²) in [4.78, 5) is 0. The third kappa shape index (κ3) is 1.82. The van der Waals surface area contributed by atoms with Crippen molar-refractivity contribution in [2.24, 2.45) is 11.8 Å². The molecule has 0 saturated carbocycles. The Morgan fingerprint density at radius 3 is 3.00 bits per heavy atom. The summed E-state index contributed by atoms with van der Waals surface area (Å²) in [5, 5.41) is 3.76. The molecule has 3 aliphatic rings. The fourth-order valence-electron chi connectivity index (χ4n) is 4.39. The molecule has 4 atom stereocenters. The Morgan fingerprint density at radius 2 is 2.20 bits per heavy atom. The van der Waals surface area contributed by atoms with Gasteiger partial charge in [0, 0.05) is 18.0 Å². The van der Waals surface area contributed by atoms with Crippen molar-refractivity contribution in [2.75, 3.05) is 13.7 Å². The Kier molecular flexibility index (Phi) is 3.34. The Morgan fingerprint density at radius 1 is 1.35 bits per heavy atom. The molecule has 1 saturated heterocycles. The highest BCUT2D eigenvalue weighted by atomic mass is 35.5. The fourth-order valence-corrected chi connectivity index (χ4v) is 4.39. The molecule has 108 valence electrons. The first-order chi connectivity index (χ1) is 9.20.